The smallest absolute Gasteiger partial charge is 0.411 e. The van der Waals surface area contributed by atoms with Gasteiger partial charge in [-0.1, -0.05) is 12.2 Å². The van der Waals surface area contributed by atoms with Crippen LogP contribution in [-0.2, 0) is 4.79 Å². The van der Waals surface area contributed by atoms with E-state index in [1.165, 1.54) is 0 Å². The molecule has 0 aliphatic heterocycles. The molecule has 2 N–H and O–H groups in total. The summed E-state index contributed by atoms with van der Waals surface area (Å²) in [6.45, 7) is 1.76. The predicted molar refractivity (Wildman–Crippen MR) is 35.6 cm³/mol. The lowest BCUT2D eigenvalue weighted by molar-refractivity contribution is -0.119. The van der Waals surface area contributed by atoms with Gasteiger partial charge in [-0.2, -0.15) is 0 Å². The second-order valence-electron chi connectivity index (χ2n) is 1.63. The maximum Gasteiger partial charge on any atom is 0.411 e. The molecule has 2 amide bonds. The Morgan fingerprint density at radius 1 is 1.60 bits per heavy atom. The summed E-state index contributed by atoms with van der Waals surface area (Å²) in [6, 6.07) is 0. The molecule has 0 aromatic rings. The number of carbonyl (C=O) groups is 2. The van der Waals surface area contributed by atoms with Crippen molar-refractivity contribution in [3.05, 3.63) is 12.2 Å². The summed E-state index contributed by atoms with van der Waals surface area (Å²) >= 11 is 0. The van der Waals surface area contributed by atoms with Gasteiger partial charge in [0, 0.05) is 6.42 Å². The van der Waals surface area contributed by atoms with E-state index in [-0.39, 0.29) is 6.42 Å². The van der Waals surface area contributed by atoms with Crippen LogP contribution in [0.4, 0.5) is 4.79 Å². The van der Waals surface area contributed by atoms with Crippen LogP contribution in [0, 0.1) is 0 Å². The SMILES string of the molecule is CC=CCC(=O)NC(=O)O. The molecule has 0 saturated carbocycles. The Kier molecular flexibility index (Phi) is 3.95. The summed E-state index contributed by atoms with van der Waals surface area (Å²) in [4.78, 5) is 20.3. The molecule has 0 atom stereocenters. The Bertz CT molecular complexity index is 162. The van der Waals surface area contributed by atoms with Gasteiger partial charge in [0.15, 0.2) is 0 Å². The third kappa shape index (κ3) is 4.83. The van der Waals surface area contributed by atoms with Crippen LogP contribution < -0.4 is 5.32 Å². The maximum atomic E-state index is 10.5. The molecule has 0 bridgehead atoms. The van der Waals surface area contributed by atoms with E-state index >= 15 is 0 Å². The van der Waals surface area contributed by atoms with Crippen molar-refractivity contribution >= 4 is 12.0 Å². The molecule has 0 fully saturated rings. The van der Waals surface area contributed by atoms with Crippen LogP contribution in [0.1, 0.15) is 13.3 Å². The first-order valence-electron chi connectivity index (χ1n) is 2.80. The molecule has 10 heavy (non-hydrogen) atoms. The van der Waals surface area contributed by atoms with Gasteiger partial charge in [0.05, 0.1) is 0 Å². The molecule has 0 saturated heterocycles. The number of imide groups is 1. The molecule has 0 aromatic heterocycles. The van der Waals surface area contributed by atoms with Gasteiger partial charge in [0.25, 0.3) is 0 Å². The molecule has 56 valence electrons. The average Bonchev–Trinajstić information content (AvgIpc) is 1.82. The van der Waals surface area contributed by atoms with Crippen LogP contribution in [0.15, 0.2) is 12.2 Å². The Balaban J connectivity index is 3.54. The van der Waals surface area contributed by atoms with Crippen LogP contribution in [0.3, 0.4) is 0 Å². The van der Waals surface area contributed by atoms with Gasteiger partial charge in [-0.25, -0.2) is 4.79 Å². The number of hydrogen-bond acceptors (Lipinski definition) is 2. The average molecular weight is 143 g/mol. The number of amides is 2. The number of carbonyl (C=O) groups excluding carboxylic acids is 1. The van der Waals surface area contributed by atoms with Crippen molar-refractivity contribution in [1.29, 1.82) is 0 Å². The summed E-state index contributed by atoms with van der Waals surface area (Å²) in [5.74, 6) is -0.509. The third-order valence-electron chi connectivity index (χ3n) is 0.785. The molecule has 4 heteroatoms. The zero-order valence-electron chi connectivity index (χ0n) is 5.63. The first kappa shape index (κ1) is 8.68. The lowest BCUT2D eigenvalue weighted by Crippen LogP contribution is -2.27. The summed E-state index contributed by atoms with van der Waals surface area (Å²) < 4.78 is 0. The molecule has 0 spiro atoms. The summed E-state index contributed by atoms with van der Waals surface area (Å²) in [6.07, 6.45) is 2.07. The van der Waals surface area contributed by atoms with Crippen LogP contribution in [0.25, 0.3) is 0 Å². The highest BCUT2D eigenvalue weighted by atomic mass is 16.4. The zero-order valence-corrected chi connectivity index (χ0v) is 5.63. The normalized spacial score (nSPS) is 9.70. The van der Waals surface area contributed by atoms with Crippen LogP contribution in [-0.4, -0.2) is 17.1 Å². The van der Waals surface area contributed by atoms with Crippen LogP contribution in [0.2, 0.25) is 0 Å². The summed E-state index contributed by atoms with van der Waals surface area (Å²) in [7, 11) is 0. The zero-order chi connectivity index (χ0) is 7.98. The fraction of sp³-hybridized carbons (Fsp3) is 0.333. The minimum absolute atomic E-state index is 0.114. The molecule has 0 heterocycles. The molecule has 0 aliphatic rings. The molecule has 0 aromatic carbocycles. The van der Waals surface area contributed by atoms with Gasteiger partial charge in [0.1, 0.15) is 0 Å². The van der Waals surface area contributed by atoms with Gasteiger partial charge in [-0.15, -0.1) is 0 Å². The molecule has 0 rings (SSSR count). The van der Waals surface area contributed by atoms with E-state index in [4.69, 9.17) is 5.11 Å². The van der Waals surface area contributed by atoms with E-state index in [1.54, 1.807) is 24.4 Å². The van der Waals surface area contributed by atoms with Crippen molar-refractivity contribution in [2.45, 2.75) is 13.3 Å². The Hall–Kier alpha value is -1.32. The Morgan fingerprint density at radius 2 is 2.20 bits per heavy atom. The fourth-order valence-electron chi connectivity index (χ4n) is 0.395. The van der Waals surface area contributed by atoms with E-state index in [0.717, 1.165) is 0 Å². The maximum absolute atomic E-state index is 10.5. The van der Waals surface area contributed by atoms with Crippen molar-refractivity contribution in [2.75, 3.05) is 0 Å². The second kappa shape index (κ2) is 4.55. The fourth-order valence-corrected chi connectivity index (χ4v) is 0.395. The molecule has 4 nitrogen and oxygen atoms in total. The quantitative estimate of drug-likeness (QED) is 0.560. The number of nitrogens with one attached hydrogen (secondary N) is 1. The molecular weight excluding hydrogens is 134 g/mol. The highest BCUT2D eigenvalue weighted by Crippen LogP contribution is 1.81. The highest BCUT2D eigenvalue weighted by Gasteiger charge is 2.00. The first-order chi connectivity index (χ1) is 4.66. The molecule has 0 radical (unpaired) electrons. The van der Waals surface area contributed by atoms with Gasteiger partial charge in [-0.05, 0) is 6.92 Å². The monoisotopic (exact) mass is 143 g/mol. The summed E-state index contributed by atoms with van der Waals surface area (Å²) in [5, 5.41) is 9.73. The number of hydrogen-bond donors (Lipinski definition) is 2. The topological polar surface area (TPSA) is 66.4 Å². The van der Waals surface area contributed by atoms with Crippen molar-refractivity contribution in [3.8, 4) is 0 Å². The van der Waals surface area contributed by atoms with Gasteiger partial charge in [0.2, 0.25) is 5.91 Å². The van der Waals surface area contributed by atoms with Crippen LogP contribution >= 0.6 is 0 Å². The minimum atomic E-state index is -1.31. The van der Waals surface area contributed by atoms with E-state index in [2.05, 4.69) is 0 Å². The lowest BCUT2D eigenvalue weighted by Gasteiger charge is -1.92. The molecule has 0 aliphatic carbocycles. The Morgan fingerprint density at radius 3 is 2.60 bits per heavy atom. The van der Waals surface area contributed by atoms with Crippen molar-refractivity contribution in [1.82, 2.24) is 5.32 Å². The molecule has 0 unspecified atom stereocenters. The highest BCUT2D eigenvalue weighted by molar-refractivity contribution is 5.91. The number of carboxylic acid groups (broad SMARTS) is 1. The first-order valence-corrected chi connectivity index (χ1v) is 2.80. The standard InChI is InChI=1S/C6H9NO3/c1-2-3-4-5(8)7-6(9)10/h2-3H,4H2,1H3,(H,7,8)(H,9,10). The minimum Gasteiger partial charge on any atom is -0.465 e. The van der Waals surface area contributed by atoms with Crippen molar-refractivity contribution in [3.63, 3.8) is 0 Å². The van der Waals surface area contributed by atoms with E-state index in [0.29, 0.717) is 0 Å². The predicted octanol–water partition coefficient (Wildman–Crippen LogP) is 0.747. The third-order valence-corrected chi connectivity index (χ3v) is 0.785. The number of allylic oxidation sites excluding steroid dienone is 1. The van der Waals surface area contributed by atoms with Gasteiger partial charge >= 0.3 is 6.09 Å². The van der Waals surface area contributed by atoms with Gasteiger partial charge in [-0.3, -0.25) is 10.1 Å². The Labute approximate surface area is 58.5 Å². The van der Waals surface area contributed by atoms with Gasteiger partial charge < -0.3 is 5.11 Å². The lowest BCUT2D eigenvalue weighted by atomic mass is 10.4. The largest absolute Gasteiger partial charge is 0.465 e. The number of rotatable bonds is 2. The van der Waals surface area contributed by atoms with Crippen molar-refractivity contribution < 1.29 is 14.7 Å². The van der Waals surface area contributed by atoms with E-state index in [9.17, 15) is 9.59 Å². The van der Waals surface area contributed by atoms with E-state index in [1.807, 2.05) is 0 Å². The van der Waals surface area contributed by atoms with Crippen LogP contribution in [0.5, 0.6) is 0 Å². The molecular formula is C6H9NO3. The summed E-state index contributed by atoms with van der Waals surface area (Å²) in [5.41, 5.74) is 0. The second-order valence-corrected chi connectivity index (χ2v) is 1.63. The van der Waals surface area contributed by atoms with Crippen molar-refractivity contribution in [2.24, 2.45) is 0 Å². The van der Waals surface area contributed by atoms with E-state index < -0.39 is 12.0 Å².